The van der Waals surface area contributed by atoms with Gasteiger partial charge in [-0.3, -0.25) is 9.69 Å². The van der Waals surface area contributed by atoms with E-state index >= 15 is 0 Å². The Balaban J connectivity index is 1.20. The summed E-state index contributed by atoms with van der Waals surface area (Å²) in [5.74, 6) is 0.502. The lowest BCUT2D eigenvalue weighted by molar-refractivity contribution is 0.0952. The van der Waals surface area contributed by atoms with Gasteiger partial charge in [-0.15, -0.1) is 11.3 Å². The Morgan fingerprint density at radius 3 is 2.75 bits per heavy atom. The molecule has 1 saturated heterocycles. The van der Waals surface area contributed by atoms with Crippen LogP contribution in [0.15, 0.2) is 30.5 Å². The molecule has 2 aromatic heterocycles. The first-order valence-electron chi connectivity index (χ1n) is 12.3. The van der Waals surface area contributed by atoms with Crippen molar-refractivity contribution in [2.45, 2.75) is 25.3 Å². The number of thiophene rings is 1. The summed E-state index contributed by atoms with van der Waals surface area (Å²) in [6, 6.07) is 8.09. The molecule has 2 aliphatic rings. The summed E-state index contributed by atoms with van der Waals surface area (Å²) in [6.45, 7) is 4.92. The molecule has 1 aliphatic carbocycles. The number of hydrogen-bond acceptors (Lipinski definition) is 7. The number of halogens is 1. The number of anilines is 1. The molecule has 2 fully saturated rings. The minimum Gasteiger partial charge on any atom is -0.354 e. The van der Waals surface area contributed by atoms with Crippen LogP contribution in [0.5, 0.6) is 0 Å². The molecule has 3 amide bonds. The summed E-state index contributed by atoms with van der Waals surface area (Å²) >= 11 is 8.05. The smallest absolute Gasteiger partial charge is 0.317 e. The van der Waals surface area contributed by atoms with Crippen molar-refractivity contribution >= 4 is 50.9 Å². The minimum absolute atomic E-state index is 0.0107. The molecule has 1 aliphatic heterocycles. The molecule has 3 N–H and O–H groups in total. The molecule has 3 heterocycles. The second-order valence-corrected chi connectivity index (χ2v) is 10.6. The molecule has 5 rings (SSSR count). The summed E-state index contributed by atoms with van der Waals surface area (Å²) in [6.07, 6.45) is 4.66. The maximum atomic E-state index is 12.7. The van der Waals surface area contributed by atoms with Gasteiger partial charge in [0.1, 0.15) is 5.69 Å². The van der Waals surface area contributed by atoms with Crippen LogP contribution in [0.3, 0.4) is 0 Å². The maximum absolute atomic E-state index is 12.7. The molecular formula is C25H30ClN7O2S. The Kier molecular flexibility index (Phi) is 7.54. The van der Waals surface area contributed by atoms with E-state index < -0.39 is 0 Å². The van der Waals surface area contributed by atoms with Gasteiger partial charge in [0, 0.05) is 61.5 Å². The lowest BCUT2D eigenvalue weighted by Gasteiger charge is -2.34. The van der Waals surface area contributed by atoms with Gasteiger partial charge < -0.3 is 20.9 Å². The van der Waals surface area contributed by atoms with Gasteiger partial charge in [-0.25, -0.2) is 14.8 Å². The van der Waals surface area contributed by atoms with Crippen molar-refractivity contribution < 1.29 is 9.59 Å². The first-order valence-corrected chi connectivity index (χ1v) is 13.5. The van der Waals surface area contributed by atoms with Crippen LogP contribution in [-0.2, 0) is 0 Å². The number of nitrogens with zero attached hydrogens (tertiary/aromatic N) is 4. The van der Waals surface area contributed by atoms with Crippen LogP contribution in [0.25, 0.3) is 20.7 Å². The van der Waals surface area contributed by atoms with E-state index in [0.717, 1.165) is 73.5 Å². The van der Waals surface area contributed by atoms with E-state index in [1.54, 1.807) is 24.6 Å². The standard InChI is InChI=1S/C25H30ClN7O2S/c1-27-25(35)33-12-10-32(11-13-33)9-3-8-28-24-29-15-19(26)22(31-24)21-14-18-17(4-2-5-20(18)36-21)23(34)30-16-6-7-16/h2,4-5,14-16H,3,6-13H2,1H3,(H,27,35)(H,30,34)(H,28,29,31). The molecule has 0 unspecified atom stereocenters. The molecular weight excluding hydrogens is 498 g/mol. The van der Waals surface area contributed by atoms with E-state index in [1.807, 2.05) is 29.2 Å². The highest BCUT2D eigenvalue weighted by Crippen LogP contribution is 2.37. The van der Waals surface area contributed by atoms with E-state index in [1.165, 1.54) is 0 Å². The Bertz CT molecular complexity index is 1250. The number of nitrogens with one attached hydrogen (secondary N) is 3. The van der Waals surface area contributed by atoms with Crippen LogP contribution in [0.4, 0.5) is 10.7 Å². The van der Waals surface area contributed by atoms with Crippen molar-refractivity contribution in [3.05, 3.63) is 41.0 Å². The van der Waals surface area contributed by atoms with Gasteiger partial charge in [-0.2, -0.15) is 0 Å². The van der Waals surface area contributed by atoms with Gasteiger partial charge in [0.15, 0.2) is 0 Å². The zero-order chi connectivity index (χ0) is 25.1. The SMILES string of the molecule is CNC(=O)N1CCN(CCCNc2ncc(Cl)c(-c3cc4c(C(=O)NC5CC5)cccc4s3)n2)CC1. The predicted molar refractivity (Wildman–Crippen MR) is 144 cm³/mol. The van der Waals surface area contributed by atoms with E-state index in [-0.39, 0.29) is 11.9 Å². The first kappa shape index (κ1) is 24.7. The van der Waals surface area contributed by atoms with Gasteiger partial charge in [-0.1, -0.05) is 17.7 Å². The lowest BCUT2D eigenvalue weighted by atomic mass is 10.1. The van der Waals surface area contributed by atoms with Crippen molar-refractivity contribution in [2.24, 2.45) is 0 Å². The zero-order valence-electron chi connectivity index (χ0n) is 20.2. The quantitative estimate of drug-likeness (QED) is 0.386. The summed E-state index contributed by atoms with van der Waals surface area (Å²) in [4.78, 5) is 38.6. The number of piperazine rings is 1. The van der Waals surface area contributed by atoms with Crippen LogP contribution in [0.1, 0.15) is 29.6 Å². The second kappa shape index (κ2) is 11.0. The third-order valence-corrected chi connectivity index (χ3v) is 7.89. The van der Waals surface area contributed by atoms with Crippen LogP contribution >= 0.6 is 22.9 Å². The molecule has 0 spiro atoms. The third kappa shape index (κ3) is 5.71. The van der Waals surface area contributed by atoms with Gasteiger partial charge in [0.25, 0.3) is 5.91 Å². The highest BCUT2D eigenvalue weighted by molar-refractivity contribution is 7.22. The number of fused-ring (bicyclic) bond motifs is 1. The number of aromatic nitrogens is 2. The Hall–Kier alpha value is -2.95. The number of urea groups is 1. The number of carbonyl (C=O) groups excluding carboxylic acids is 2. The number of amides is 3. The van der Waals surface area contributed by atoms with Crippen LogP contribution in [0.2, 0.25) is 5.02 Å². The lowest BCUT2D eigenvalue weighted by Crippen LogP contribution is -2.51. The highest BCUT2D eigenvalue weighted by atomic mass is 35.5. The molecule has 1 aromatic carbocycles. The van der Waals surface area contributed by atoms with E-state index in [0.29, 0.717) is 28.3 Å². The highest BCUT2D eigenvalue weighted by Gasteiger charge is 2.25. The maximum Gasteiger partial charge on any atom is 0.317 e. The van der Waals surface area contributed by atoms with Crippen LogP contribution in [-0.4, -0.2) is 84.1 Å². The number of rotatable bonds is 8. The van der Waals surface area contributed by atoms with Crippen molar-refractivity contribution in [2.75, 3.05) is 51.6 Å². The van der Waals surface area contributed by atoms with Gasteiger partial charge >= 0.3 is 6.03 Å². The summed E-state index contributed by atoms with van der Waals surface area (Å²) < 4.78 is 1.02. The van der Waals surface area contributed by atoms with Crippen molar-refractivity contribution in [1.82, 2.24) is 30.4 Å². The predicted octanol–water partition coefficient (Wildman–Crippen LogP) is 3.66. The molecule has 190 valence electrons. The number of hydrogen-bond donors (Lipinski definition) is 3. The Morgan fingerprint density at radius 2 is 2.00 bits per heavy atom. The fraction of sp³-hybridized carbons (Fsp3) is 0.440. The van der Waals surface area contributed by atoms with Crippen LogP contribution < -0.4 is 16.0 Å². The van der Waals surface area contributed by atoms with E-state index in [9.17, 15) is 9.59 Å². The molecule has 0 bridgehead atoms. The minimum atomic E-state index is -0.0290. The largest absolute Gasteiger partial charge is 0.354 e. The molecule has 0 radical (unpaired) electrons. The normalized spacial score (nSPS) is 16.2. The molecule has 1 saturated carbocycles. The Labute approximate surface area is 219 Å². The summed E-state index contributed by atoms with van der Waals surface area (Å²) in [5.41, 5.74) is 1.34. The summed E-state index contributed by atoms with van der Waals surface area (Å²) in [7, 11) is 1.66. The van der Waals surface area contributed by atoms with Crippen LogP contribution in [0, 0.1) is 0 Å². The number of carbonyl (C=O) groups is 2. The van der Waals surface area contributed by atoms with Gasteiger partial charge in [-0.05, 0) is 44.0 Å². The number of benzene rings is 1. The zero-order valence-corrected chi connectivity index (χ0v) is 21.8. The topological polar surface area (TPSA) is 102 Å². The molecule has 9 nitrogen and oxygen atoms in total. The first-order chi connectivity index (χ1) is 17.5. The van der Waals surface area contributed by atoms with Crippen molar-refractivity contribution in [3.63, 3.8) is 0 Å². The molecule has 36 heavy (non-hydrogen) atoms. The van der Waals surface area contributed by atoms with Crippen molar-refractivity contribution in [3.8, 4) is 10.6 Å². The van der Waals surface area contributed by atoms with E-state index in [4.69, 9.17) is 11.6 Å². The Morgan fingerprint density at radius 1 is 1.19 bits per heavy atom. The fourth-order valence-corrected chi connectivity index (χ4v) is 5.67. The average Bonchev–Trinajstić information content (AvgIpc) is 3.61. The molecule has 11 heteroatoms. The third-order valence-electron chi connectivity index (χ3n) is 6.50. The van der Waals surface area contributed by atoms with Gasteiger partial charge in [0.2, 0.25) is 5.95 Å². The monoisotopic (exact) mass is 527 g/mol. The second-order valence-electron chi connectivity index (χ2n) is 9.13. The summed E-state index contributed by atoms with van der Waals surface area (Å²) in [5, 5.41) is 10.5. The van der Waals surface area contributed by atoms with E-state index in [2.05, 4.69) is 30.8 Å². The fourth-order valence-electron chi connectivity index (χ4n) is 4.33. The molecule has 0 atom stereocenters. The van der Waals surface area contributed by atoms with Crippen molar-refractivity contribution in [1.29, 1.82) is 0 Å². The van der Waals surface area contributed by atoms with Gasteiger partial charge in [0.05, 0.1) is 16.1 Å². The molecule has 3 aromatic rings. The average molecular weight is 528 g/mol.